The third-order valence-corrected chi connectivity index (χ3v) is 4.16. The van der Waals surface area contributed by atoms with Crippen molar-refractivity contribution >= 4 is 15.9 Å². The van der Waals surface area contributed by atoms with Crippen LogP contribution in [0.5, 0.6) is 5.75 Å². The lowest BCUT2D eigenvalue weighted by atomic mass is 9.90. The van der Waals surface area contributed by atoms with Crippen LogP contribution in [0.4, 0.5) is 0 Å². The van der Waals surface area contributed by atoms with Gasteiger partial charge in [0.05, 0.1) is 6.61 Å². The molecule has 100 valence electrons. The van der Waals surface area contributed by atoms with Crippen LogP contribution < -0.4 is 10.5 Å². The number of hydrogen-bond acceptors (Lipinski definition) is 2. The van der Waals surface area contributed by atoms with E-state index in [0.717, 1.165) is 28.3 Å². The second-order valence-corrected chi connectivity index (χ2v) is 6.20. The highest BCUT2D eigenvalue weighted by molar-refractivity contribution is 9.10. The molecule has 1 atom stereocenters. The molecule has 0 heterocycles. The molecule has 0 radical (unpaired) electrons. The molecule has 0 bridgehead atoms. The van der Waals surface area contributed by atoms with E-state index in [-0.39, 0.29) is 6.04 Å². The van der Waals surface area contributed by atoms with Crippen LogP contribution in [-0.2, 0) is 0 Å². The van der Waals surface area contributed by atoms with Crippen LogP contribution in [0.3, 0.4) is 0 Å². The standard InChI is InChI=1S/C15H22BrNO/c1-11(17)14-8-7-13(16)9-15(14)18-10-12-5-3-2-4-6-12/h7-9,11-12H,2-6,10,17H2,1H3/t11-/m1/s1. The summed E-state index contributed by atoms with van der Waals surface area (Å²) in [6, 6.07) is 6.11. The van der Waals surface area contributed by atoms with Crippen molar-refractivity contribution in [2.45, 2.75) is 45.1 Å². The average molecular weight is 312 g/mol. The Bertz CT molecular complexity index is 386. The van der Waals surface area contributed by atoms with E-state index in [9.17, 15) is 0 Å². The maximum absolute atomic E-state index is 6.01. The molecule has 2 rings (SSSR count). The molecular formula is C15H22BrNO. The second kappa shape index (κ2) is 6.58. The fourth-order valence-corrected chi connectivity index (χ4v) is 2.91. The lowest BCUT2D eigenvalue weighted by molar-refractivity contribution is 0.207. The normalized spacial score (nSPS) is 18.6. The molecule has 0 spiro atoms. The molecule has 1 aromatic rings. The molecule has 2 N–H and O–H groups in total. The molecule has 1 fully saturated rings. The fourth-order valence-electron chi connectivity index (χ4n) is 2.57. The van der Waals surface area contributed by atoms with Crippen LogP contribution in [0, 0.1) is 5.92 Å². The molecule has 0 saturated heterocycles. The van der Waals surface area contributed by atoms with Crippen LogP contribution in [-0.4, -0.2) is 6.61 Å². The number of rotatable bonds is 4. The monoisotopic (exact) mass is 311 g/mol. The lowest BCUT2D eigenvalue weighted by Crippen LogP contribution is -2.16. The molecule has 0 unspecified atom stereocenters. The molecule has 3 heteroatoms. The molecular weight excluding hydrogens is 290 g/mol. The number of hydrogen-bond donors (Lipinski definition) is 1. The van der Waals surface area contributed by atoms with Gasteiger partial charge >= 0.3 is 0 Å². The second-order valence-electron chi connectivity index (χ2n) is 5.29. The number of halogens is 1. The number of nitrogens with two attached hydrogens (primary N) is 1. The van der Waals surface area contributed by atoms with Crippen LogP contribution in [0.25, 0.3) is 0 Å². The molecule has 1 aromatic carbocycles. The van der Waals surface area contributed by atoms with E-state index in [1.54, 1.807) is 0 Å². The lowest BCUT2D eigenvalue weighted by Gasteiger charge is -2.23. The van der Waals surface area contributed by atoms with Gasteiger partial charge in [-0.1, -0.05) is 41.3 Å². The first-order valence-corrected chi connectivity index (χ1v) is 7.64. The highest BCUT2D eigenvalue weighted by Gasteiger charge is 2.15. The van der Waals surface area contributed by atoms with Gasteiger partial charge in [-0.15, -0.1) is 0 Å². The third kappa shape index (κ3) is 3.72. The molecule has 0 aliphatic heterocycles. The molecule has 1 aliphatic rings. The van der Waals surface area contributed by atoms with E-state index in [1.807, 2.05) is 25.1 Å². The first-order valence-electron chi connectivity index (χ1n) is 6.84. The van der Waals surface area contributed by atoms with Crippen molar-refractivity contribution in [3.63, 3.8) is 0 Å². The van der Waals surface area contributed by atoms with Gasteiger partial charge in [-0.05, 0) is 37.8 Å². The Morgan fingerprint density at radius 3 is 2.72 bits per heavy atom. The number of ether oxygens (including phenoxy) is 1. The van der Waals surface area contributed by atoms with E-state index in [0.29, 0.717) is 0 Å². The topological polar surface area (TPSA) is 35.2 Å². The predicted molar refractivity (Wildman–Crippen MR) is 78.8 cm³/mol. The summed E-state index contributed by atoms with van der Waals surface area (Å²) in [6.45, 7) is 2.83. The highest BCUT2D eigenvalue weighted by atomic mass is 79.9. The molecule has 1 saturated carbocycles. The maximum atomic E-state index is 6.01. The Morgan fingerprint density at radius 1 is 1.33 bits per heavy atom. The maximum Gasteiger partial charge on any atom is 0.125 e. The van der Waals surface area contributed by atoms with Crippen molar-refractivity contribution in [1.29, 1.82) is 0 Å². The van der Waals surface area contributed by atoms with E-state index >= 15 is 0 Å². The van der Waals surface area contributed by atoms with Crippen molar-refractivity contribution in [2.75, 3.05) is 6.61 Å². The van der Waals surface area contributed by atoms with E-state index < -0.39 is 0 Å². The molecule has 2 nitrogen and oxygen atoms in total. The SMILES string of the molecule is C[C@@H](N)c1ccc(Br)cc1OCC1CCCCC1. The van der Waals surface area contributed by atoms with Gasteiger partial charge < -0.3 is 10.5 Å². The summed E-state index contributed by atoms with van der Waals surface area (Å²) >= 11 is 3.49. The van der Waals surface area contributed by atoms with Crippen LogP contribution in [0.15, 0.2) is 22.7 Å². The summed E-state index contributed by atoms with van der Waals surface area (Å²) in [7, 11) is 0. The predicted octanol–water partition coefficient (Wildman–Crippen LogP) is 4.43. The summed E-state index contributed by atoms with van der Waals surface area (Å²) in [5, 5.41) is 0. The van der Waals surface area contributed by atoms with Crippen molar-refractivity contribution < 1.29 is 4.74 Å². The van der Waals surface area contributed by atoms with Crippen molar-refractivity contribution in [3.8, 4) is 5.75 Å². The summed E-state index contributed by atoms with van der Waals surface area (Å²) in [6.07, 6.45) is 6.71. The van der Waals surface area contributed by atoms with Gasteiger partial charge in [0.25, 0.3) is 0 Å². The van der Waals surface area contributed by atoms with Gasteiger partial charge in [0, 0.05) is 16.1 Å². The average Bonchev–Trinajstić information content (AvgIpc) is 2.37. The van der Waals surface area contributed by atoms with Crippen LogP contribution in [0.1, 0.15) is 50.6 Å². The minimum Gasteiger partial charge on any atom is -0.493 e. The summed E-state index contributed by atoms with van der Waals surface area (Å²) in [5.74, 6) is 1.66. The fraction of sp³-hybridized carbons (Fsp3) is 0.600. The van der Waals surface area contributed by atoms with Gasteiger partial charge in [0.15, 0.2) is 0 Å². The first-order chi connectivity index (χ1) is 8.66. The Balaban J connectivity index is 2.00. The Kier molecular flexibility index (Phi) is 5.07. The van der Waals surface area contributed by atoms with E-state index in [2.05, 4.69) is 15.9 Å². The van der Waals surface area contributed by atoms with Crippen molar-refractivity contribution in [2.24, 2.45) is 11.7 Å². The highest BCUT2D eigenvalue weighted by Crippen LogP contribution is 2.30. The van der Waals surface area contributed by atoms with Gasteiger partial charge in [0.1, 0.15) is 5.75 Å². The third-order valence-electron chi connectivity index (χ3n) is 3.67. The van der Waals surface area contributed by atoms with Gasteiger partial charge in [-0.2, -0.15) is 0 Å². The van der Waals surface area contributed by atoms with Gasteiger partial charge in [0.2, 0.25) is 0 Å². The zero-order chi connectivity index (χ0) is 13.0. The molecule has 0 aromatic heterocycles. The van der Waals surface area contributed by atoms with Gasteiger partial charge in [-0.25, -0.2) is 0 Å². The Morgan fingerprint density at radius 2 is 2.06 bits per heavy atom. The number of benzene rings is 1. The largest absolute Gasteiger partial charge is 0.493 e. The van der Waals surface area contributed by atoms with Crippen LogP contribution in [0.2, 0.25) is 0 Å². The quantitative estimate of drug-likeness (QED) is 0.893. The zero-order valence-electron chi connectivity index (χ0n) is 11.0. The summed E-state index contributed by atoms with van der Waals surface area (Å²) < 4.78 is 7.06. The smallest absolute Gasteiger partial charge is 0.125 e. The summed E-state index contributed by atoms with van der Waals surface area (Å²) in [5.41, 5.74) is 7.07. The van der Waals surface area contributed by atoms with E-state index in [4.69, 9.17) is 10.5 Å². The first kappa shape index (κ1) is 13.9. The van der Waals surface area contributed by atoms with Crippen molar-refractivity contribution in [3.05, 3.63) is 28.2 Å². The Labute approximate surface area is 118 Å². The summed E-state index contributed by atoms with van der Waals surface area (Å²) in [4.78, 5) is 0. The molecule has 18 heavy (non-hydrogen) atoms. The zero-order valence-corrected chi connectivity index (χ0v) is 12.6. The minimum atomic E-state index is 0.0134. The Hall–Kier alpha value is -0.540. The molecule has 0 amide bonds. The van der Waals surface area contributed by atoms with Crippen LogP contribution >= 0.6 is 15.9 Å². The molecule has 1 aliphatic carbocycles. The van der Waals surface area contributed by atoms with Gasteiger partial charge in [-0.3, -0.25) is 0 Å². The van der Waals surface area contributed by atoms with E-state index in [1.165, 1.54) is 32.1 Å². The minimum absolute atomic E-state index is 0.0134. The van der Waals surface area contributed by atoms with Crippen molar-refractivity contribution in [1.82, 2.24) is 0 Å².